The van der Waals surface area contributed by atoms with Gasteiger partial charge >= 0.3 is 27.6 Å². The summed E-state index contributed by atoms with van der Waals surface area (Å²) in [5.41, 5.74) is 0. The highest BCUT2D eigenvalue weighted by Gasteiger charge is 2.39. The molecule has 7 atom stereocenters. The summed E-state index contributed by atoms with van der Waals surface area (Å²) in [5.74, 6) is -1.90. The van der Waals surface area contributed by atoms with Gasteiger partial charge in [0.2, 0.25) is 0 Å². The highest BCUT2D eigenvalue weighted by Crippen LogP contribution is 2.44. The van der Waals surface area contributed by atoms with E-state index in [2.05, 4.69) is 47.2 Å². The molecule has 16 nitrogen and oxygen atoms in total. The number of phosphoric acid groups is 2. The van der Waals surface area contributed by atoms with Crippen molar-refractivity contribution in [2.75, 3.05) is 26.4 Å². The second-order valence-electron chi connectivity index (χ2n) is 16.1. The van der Waals surface area contributed by atoms with Crippen LogP contribution < -0.4 is 0 Å². The minimum Gasteiger partial charge on any atom is -0.462 e. The predicted molar refractivity (Wildman–Crippen MR) is 236 cm³/mol. The van der Waals surface area contributed by atoms with Crippen molar-refractivity contribution in [3.8, 4) is 0 Å². The Bertz CT molecular complexity index is 1400. The van der Waals surface area contributed by atoms with Gasteiger partial charge in [0.05, 0.1) is 32.0 Å². The number of esters is 2. The van der Waals surface area contributed by atoms with Crippen molar-refractivity contribution >= 4 is 33.4 Å². The van der Waals surface area contributed by atoms with Gasteiger partial charge in [-0.3, -0.25) is 28.0 Å². The third kappa shape index (κ3) is 31.7. The zero-order valence-corrected chi connectivity index (χ0v) is 39.0. The maximum Gasteiger partial charge on any atom is 0.472 e. The second-order valence-corrected chi connectivity index (χ2v) is 18.8. The molecule has 1 rings (SSSR count). The number of rotatable bonds is 39. The van der Waals surface area contributed by atoms with Crippen LogP contribution in [0.25, 0.3) is 0 Å². The molecule has 0 aliphatic heterocycles. The van der Waals surface area contributed by atoms with Crippen LogP contribution in [0.15, 0.2) is 36.5 Å². The number of aliphatic hydroxyl groups is 3. The fourth-order valence-electron chi connectivity index (χ4n) is 6.88. The monoisotopic (exact) mass is 924 g/mol. The van der Waals surface area contributed by atoms with Gasteiger partial charge in [0.15, 0.2) is 6.10 Å². The molecule has 1 saturated carbocycles. The van der Waals surface area contributed by atoms with E-state index in [-0.39, 0.29) is 36.9 Å². The number of phosphoric ester groups is 2. The highest BCUT2D eigenvalue weighted by atomic mass is 31.2. The summed E-state index contributed by atoms with van der Waals surface area (Å²) >= 11 is 0. The van der Waals surface area contributed by atoms with Gasteiger partial charge in [-0.1, -0.05) is 127 Å². The van der Waals surface area contributed by atoms with Crippen LogP contribution >= 0.6 is 15.6 Å². The lowest BCUT2D eigenvalue weighted by Crippen LogP contribution is -2.30. The molecule has 0 spiro atoms. The van der Waals surface area contributed by atoms with Crippen LogP contribution in [-0.2, 0) is 46.6 Å². The Kier molecular flexibility index (Phi) is 32.9. The molecular formula is C44H78O16P2. The molecule has 1 unspecified atom stereocenters. The fourth-order valence-corrected chi connectivity index (χ4v) is 8.04. The van der Waals surface area contributed by atoms with Crippen LogP contribution in [0, 0.1) is 11.8 Å². The topological polar surface area (TPSA) is 253 Å². The number of aliphatic hydroxyl groups excluding tert-OH is 3. The number of unbranched alkanes of at least 4 members (excludes halogenated alkanes) is 14. The minimum absolute atomic E-state index is 0.000966. The molecule has 62 heavy (non-hydrogen) atoms. The Morgan fingerprint density at radius 1 is 0.710 bits per heavy atom. The number of Topliss-reactive ketones (excluding diaryl/α,β-unsaturated/α-hetero) is 1. The third-order valence-corrected chi connectivity index (χ3v) is 11.9. The summed E-state index contributed by atoms with van der Waals surface area (Å²) in [5, 5.41) is 30.5. The van der Waals surface area contributed by atoms with E-state index in [1.54, 1.807) is 12.2 Å². The number of allylic oxidation sites excluding steroid dienone is 4. The Hall–Kier alpha value is -2.07. The van der Waals surface area contributed by atoms with Gasteiger partial charge < -0.3 is 39.5 Å². The summed E-state index contributed by atoms with van der Waals surface area (Å²) in [6, 6.07) is 0. The van der Waals surface area contributed by atoms with Gasteiger partial charge in [-0.2, -0.15) is 0 Å². The van der Waals surface area contributed by atoms with Crippen molar-refractivity contribution in [2.24, 2.45) is 11.8 Å². The summed E-state index contributed by atoms with van der Waals surface area (Å²) in [6.45, 7) is 1.35. The van der Waals surface area contributed by atoms with Gasteiger partial charge in [-0.05, 0) is 51.4 Å². The van der Waals surface area contributed by atoms with Gasteiger partial charge in [0.25, 0.3) is 0 Å². The molecule has 360 valence electrons. The van der Waals surface area contributed by atoms with E-state index >= 15 is 0 Å². The van der Waals surface area contributed by atoms with E-state index in [0.29, 0.717) is 44.9 Å². The molecular weight excluding hydrogens is 846 g/mol. The van der Waals surface area contributed by atoms with Crippen molar-refractivity contribution in [1.82, 2.24) is 0 Å². The zero-order valence-electron chi connectivity index (χ0n) is 37.2. The first-order chi connectivity index (χ1) is 29.6. The molecule has 6 N–H and O–H groups in total. The Balaban J connectivity index is 2.55. The summed E-state index contributed by atoms with van der Waals surface area (Å²) in [6.07, 6.45) is 26.1. The molecule has 0 radical (unpaired) electrons. The molecule has 1 aliphatic rings. The molecule has 0 heterocycles. The van der Waals surface area contributed by atoms with E-state index in [9.17, 15) is 43.7 Å². The molecule has 0 amide bonds. The zero-order chi connectivity index (χ0) is 46.1. The van der Waals surface area contributed by atoms with Gasteiger partial charge in [0.1, 0.15) is 18.5 Å². The van der Waals surface area contributed by atoms with Crippen molar-refractivity contribution in [3.63, 3.8) is 0 Å². The maximum absolute atomic E-state index is 12.8. The van der Waals surface area contributed by atoms with E-state index in [4.69, 9.17) is 23.8 Å². The number of hydrogen-bond acceptors (Lipinski definition) is 13. The summed E-state index contributed by atoms with van der Waals surface area (Å²) < 4.78 is 47.8. The number of ether oxygens (including phenoxy) is 2. The van der Waals surface area contributed by atoms with Crippen LogP contribution in [0.4, 0.5) is 0 Å². The molecule has 0 aromatic carbocycles. The highest BCUT2D eigenvalue weighted by molar-refractivity contribution is 7.47. The maximum atomic E-state index is 12.8. The first-order valence-corrected chi connectivity index (χ1v) is 25.8. The molecule has 1 aliphatic carbocycles. The second kappa shape index (κ2) is 35.2. The van der Waals surface area contributed by atoms with Crippen LogP contribution in [0.5, 0.6) is 0 Å². The Morgan fingerprint density at radius 3 is 1.90 bits per heavy atom. The van der Waals surface area contributed by atoms with Crippen LogP contribution in [-0.4, -0.2) is 98.6 Å². The molecule has 0 aromatic rings. The number of hydrogen-bond donors (Lipinski definition) is 6. The number of carbonyl (C=O) groups is 3. The van der Waals surface area contributed by atoms with Crippen LogP contribution in [0.3, 0.4) is 0 Å². The van der Waals surface area contributed by atoms with Crippen molar-refractivity contribution < 1.29 is 76.6 Å². The SMILES string of the molecule is CCCCCC/C=C\C=C/CCCCCCCC(=O)OC[C@H](COP(=O)(O)OC[C@@H](O)COP(=O)(O)O)OC(=O)CCCCCC[C@H]1C(=O)C[C@@H](O)[C@@H]1/C=C/[C@@H](O)CCCCC. The molecule has 1 fully saturated rings. The lowest BCUT2D eigenvalue weighted by atomic mass is 9.88. The van der Waals surface area contributed by atoms with E-state index in [1.165, 1.54) is 25.7 Å². The predicted octanol–water partition coefficient (Wildman–Crippen LogP) is 8.26. The molecule has 18 heteroatoms. The average molecular weight is 925 g/mol. The summed E-state index contributed by atoms with van der Waals surface area (Å²) in [4.78, 5) is 65.6. The summed E-state index contributed by atoms with van der Waals surface area (Å²) in [7, 11) is -9.78. The molecule has 0 bridgehead atoms. The van der Waals surface area contributed by atoms with Gasteiger partial charge in [-0.15, -0.1) is 0 Å². The number of ketones is 1. The molecule has 0 saturated heterocycles. The Morgan fingerprint density at radius 2 is 1.26 bits per heavy atom. The van der Waals surface area contributed by atoms with E-state index in [1.807, 2.05) is 0 Å². The number of carbonyl (C=O) groups excluding carboxylic acids is 3. The lowest BCUT2D eigenvalue weighted by Gasteiger charge is -2.20. The van der Waals surface area contributed by atoms with E-state index in [0.717, 1.165) is 57.8 Å². The quantitative estimate of drug-likeness (QED) is 0.0112. The normalized spacial score (nSPS) is 19.7. The van der Waals surface area contributed by atoms with Crippen molar-refractivity contribution in [1.29, 1.82) is 0 Å². The van der Waals surface area contributed by atoms with E-state index < -0.39 is 78.4 Å². The smallest absolute Gasteiger partial charge is 0.462 e. The first-order valence-electron chi connectivity index (χ1n) is 22.8. The first kappa shape index (κ1) is 57.9. The third-order valence-electron chi connectivity index (χ3n) is 10.4. The fraction of sp³-hybridized carbons (Fsp3) is 0.795. The van der Waals surface area contributed by atoms with Gasteiger partial charge in [-0.25, -0.2) is 9.13 Å². The van der Waals surface area contributed by atoms with Crippen molar-refractivity contribution in [3.05, 3.63) is 36.5 Å². The Labute approximate surface area is 369 Å². The van der Waals surface area contributed by atoms with Gasteiger partial charge in [0, 0.05) is 31.1 Å². The van der Waals surface area contributed by atoms with Crippen LogP contribution in [0.2, 0.25) is 0 Å². The average Bonchev–Trinajstić information content (AvgIpc) is 3.49. The standard InChI is InChI=1S/C44H78O16P2/c1-3-5-7-8-9-10-11-12-13-14-15-16-17-18-23-27-43(49)56-34-38(35-59-62(54,55)58-33-37(46)32-57-61(51,52)53)60-44(50)28-24-20-19-22-26-39-40(42(48)31-41(39)47)30-29-36(45)25-21-6-4-2/h10-13,29-30,36-40,42,45-46,48H,3-9,14-28,31-35H2,1-2H3,(H,54,55)(H2,51,52,53)/b11-10-,13-12-,30-29+/t36-,37-,38+,39+,40+,42+/m0/s1. The minimum atomic E-state index is -4.90. The van der Waals surface area contributed by atoms with Crippen LogP contribution in [0.1, 0.15) is 162 Å². The molecule has 0 aromatic heterocycles. The van der Waals surface area contributed by atoms with Crippen molar-refractivity contribution in [2.45, 2.75) is 186 Å². The largest absolute Gasteiger partial charge is 0.472 e. The lowest BCUT2D eigenvalue weighted by molar-refractivity contribution is -0.161.